The van der Waals surface area contributed by atoms with E-state index < -0.39 is 0 Å². The Bertz CT molecular complexity index is 220. The maximum atomic E-state index is 3.84. The number of likely N-dealkylation sites (tertiary alicyclic amines) is 1. The van der Waals surface area contributed by atoms with Crippen molar-refractivity contribution in [1.29, 1.82) is 0 Å². The molecule has 1 unspecified atom stereocenters. The number of hydrogen-bond acceptors (Lipinski definition) is 3. The Morgan fingerprint density at radius 1 is 1.06 bits per heavy atom. The molecule has 2 fully saturated rings. The van der Waals surface area contributed by atoms with Crippen LogP contribution in [-0.2, 0) is 0 Å². The van der Waals surface area contributed by atoms with Gasteiger partial charge in [0.15, 0.2) is 0 Å². The van der Waals surface area contributed by atoms with Gasteiger partial charge >= 0.3 is 0 Å². The lowest BCUT2D eigenvalue weighted by Crippen LogP contribution is -2.53. The van der Waals surface area contributed by atoms with Crippen LogP contribution in [0.15, 0.2) is 0 Å². The van der Waals surface area contributed by atoms with Gasteiger partial charge in [-0.15, -0.1) is 0 Å². The molecule has 2 aliphatic rings. The summed E-state index contributed by atoms with van der Waals surface area (Å²) in [7, 11) is 0. The van der Waals surface area contributed by atoms with Crippen molar-refractivity contribution in [3.63, 3.8) is 0 Å². The van der Waals surface area contributed by atoms with Gasteiger partial charge in [0, 0.05) is 37.3 Å². The van der Waals surface area contributed by atoms with Crippen molar-refractivity contribution < 1.29 is 0 Å². The zero-order chi connectivity index (χ0) is 12.3. The lowest BCUT2D eigenvalue weighted by molar-refractivity contribution is 0.0927. The van der Waals surface area contributed by atoms with E-state index in [4.69, 9.17) is 0 Å². The zero-order valence-electron chi connectivity index (χ0n) is 11.8. The predicted molar refractivity (Wildman–Crippen MR) is 73.4 cm³/mol. The maximum Gasteiger partial charge on any atom is 0.0195 e. The molecule has 2 heterocycles. The van der Waals surface area contributed by atoms with E-state index in [1.807, 2.05) is 0 Å². The SMILES string of the molecule is CC(C)(C)N1CCC(NC2CCCNC2)CC1. The monoisotopic (exact) mass is 239 g/mol. The predicted octanol–water partition coefficient (Wildman–Crippen LogP) is 1.59. The van der Waals surface area contributed by atoms with Crippen molar-refractivity contribution in [1.82, 2.24) is 15.5 Å². The van der Waals surface area contributed by atoms with E-state index >= 15 is 0 Å². The van der Waals surface area contributed by atoms with Crippen molar-refractivity contribution in [2.45, 2.75) is 64.1 Å². The number of hydrogen-bond donors (Lipinski definition) is 2. The van der Waals surface area contributed by atoms with Gasteiger partial charge in [-0.05, 0) is 53.0 Å². The Labute approximate surface area is 106 Å². The van der Waals surface area contributed by atoms with Gasteiger partial charge in [-0.1, -0.05) is 0 Å². The maximum absolute atomic E-state index is 3.84. The minimum absolute atomic E-state index is 0.345. The first-order valence-corrected chi connectivity index (χ1v) is 7.27. The molecule has 0 aromatic heterocycles. The molecular formula is C14H29N3. The smallest absolute Gasteiger partial charge is 0.0195 e. The first-order valence-electron chi connectivity index (χ1n) is 7.27. The van der Waals surface area contributed by atoms with E-state index in [2.05, 4.69) is 36.3 Å². The van der Waals surface area contributed by atoms with Crippen LogP contribution in [-0.4, -0.2) is 48.7 Å². The quantitative estimate of drug-likeness (QED) is 0.766. The molecule has 3 heteroatoms. The Kier molecular flexibility index (Phi) is 4.45. The summed E-state index contributed by atoms with van der Waals surface area (Å²) in [6.45, 7) is 11.9. The third-order valence-electron chi connectivity index (χ3n) is 4.21. The molecule has 0 amide bonds. The fourth-order valence-corrected chi connectivity index (χ4v) is 3.04. The fraction of sp³-hybridized carbons (Fsp3) is 1.00. The second-order valence-electron chi connectivity index (χ2n) is 6.64. The van der Waals surface area contributed by atoms with E-state index in [-0.39, 0.29) is 0 Å². The molecule has 0 spiro atoms. The van der Waals surface area contributed by atoms with Crippen molar-refractivity contribution in [3.8, 4) is 0 Å². The molecule has 0 bridgehead atoms. The van der Waals surface area contributed by atoms with Crippen LogP contribution in [0.4, 0.5) is 0 Å². The molecule has 17 heavy (non-hydrogen) atoms. The van der Waals surface area contributed by atoms with E-state index in [1.165, 1.54) is 51.9 Å². The van der Waals surface area contributed by atoms with E-state index in [1.54, 1.807) is 0 Å². The molecule has 2 aliphatic heterocycles. The zero-order valence-corrected chi connectivity index (χ0v) is 11.8. The number of nitrogens with one attached hydrogen (secondary N) is 2. The third-order valence-corrected chi connectivity index (χ3v) is 4.21. The summed E-state index contributed by atoms with van der Waals surface area (Å²) in [5.41, 5.74) is 0.345. The number of nitrogens with zero attached hydrogens (tertiary/aromatic N) is 1. The van der Waals surface area contributed by atoms with Gasteiger partial charge in [0.05, 0.1) is 0 Å². The van der Waals surface area contributed by atoms with Crippen LogP contribution in [0.25, 0.3) is 0 Å². The van der Waals surface area contributed by atoms with Crippen molar-refractivity contribution >= 4 is 0 Å². The number of piperidine rings is 2. The van der Waals surface area contributed by atoms with Crippen LogP contribution in [0.3, 0.4) is 0 Å². The fourth-order valence-electron chi connectivity index (χ4n) is 3.04. The highest BCUT2D eigenvalue weighted by Crippen LogP contribution is 2.20. The average molecular weight is 239 g/mol. The van der Waals surface area contributed by atoms with Gasteiger partial charge in [0.1, 0.15) is 0 Å². The van der Waals surface area contributed by atoms with E-state index in [0.717, 1.165) is 12.1 Å². The minimum Gasteiger partial charge on any atom is -0.315 e. The third kappa shape index (κ3) is 3.94. The van der Waals surface area contributed by atoms with Crippen LogP contribution >= 0.6 is 0 Å². The largest absolute Gasteiger partial charge is 0.315 e. The summed E-state index contributed by atoms with van der Waals surface area (Å²) in [5.74, 6) is 0. The first-order chi connectivity index (χ1) is 8.05. The van der Waals surface area contributed by atoms with Crippen LogP contribution in [0, 0.1) is 0 Å². The average Bonchev–Trinajstić information content (AvgIpc) is 2.30. The van der Waals surface area contributed by atoms with E-state index in [0.29, 0.717) is 5.54 Å². The van der Waals surface area contributed by atoms with Crippen molar-refractivity contribution in [3.05, 3.63) is 0 Å². The van der Waals surface area contributed by atoms with Crippen LogP contribution in [0.2, 0.25) is 0 Å². The molecule has 0 aliphatic carbocycles. The highest BCUT2D eigenvalue weighted by Gasteiger charge is 2.28. The molecule has 0 radical (unpaired) electrons. The van der Waals surface area contributed by atoms with Gasteiger partial charge in [-0.3, -0.25) is 4.90 Å². The van der Waals surface area contributed by atoms with Gasteiger partial charge in [-0.25, -0.2) is 0 Å². The summed E-state index contributed by atoms with van der Waals surface area (Å²) < 4.78 is 0. The lowest BCUT2D eigenvalue weighted by atomic mass is 9.96. The first kappa shape index (κ1) is 13.3. The molecule has 2 N–H and O–H groups in total. The van der Waals surface area contributed by atoms with Gasteiger partial charge < -0.3 is 10.6 Å². The Morgan fingerprint density at radius 2 is 1.76 bits per heavy atom. The second-order valence-corrected chi connectivity index (χ2v) is 6.64. The molecule has 0 saturated carbocycles. The van der Waals surface area contributed by atoms with Crippen molar-refractivity contribution in [2.75, 3.05) is 26.2 Å². The summed E-state index contributed by atoms with van der Waals surface area (Å²) in [5, 5.41) is 7.33. The van der Waals surface area contributed by atoms with Gasteiger partial charge in [0.2, 0.25) is 0 Å². The van der Waals surface area contributed by atoms with Gasteiger partial charge in [-0.2, -0.15) is 0 Å². The van der Waals surface area contributed by atoms with Gasteiger partial charge in [0.25, 0.3) is 0 Å². The Balaban J connectivity index is 1.71. The molecule has 3 nitrogen and oxygen atoms in total. The lowest BCUT2D eigenvalue weighted by Gasteiger charge is -2.42. The second kappa shape index (κ2) is 5.68. The van der Waals surface area contributed by atoms with Crippen LogP contribution < -0.4 is 10.6 Å². The summed E-state index contributed by atoms with van der Waals surface area (Å²) >= 11 is 0. The number of rotatable bonds is 2. The van der Waals surface area contributed by atoms with Crippen molar-refractivity contribution in [2.24, 2.45) is 0 Å². The highest BCUT2D eigenvalue weighted by atomic mass is 15.2. The topological polar surface area (TPSA) is 27.3 Å². The molecule has 100 valence electrons. The molecular weight excluding hydrogens is 210 g/mol. The molecule has 2 rings (SSSR count). The molecule has 0 aromatic carbocycles. The van der Waals surface area contributed by atoms with Crippen LogP contribution in [0.5, 0.6) is 0 Å². The molecule has 0 aromatic rings. The Hall–Kier alpha value is -0.120. The van der Waals surface area contributed by atoms with E-state index in [9.17, 15) is 0 Å². The summed E-state index contributed by atoms with van der Waals surface area (Å²) in [6, 6.07) is 1.47. The Morgan fingerprint density at radius 3 is 2.29 bits per heavy atom. The normalized spacial score (nSPS) is 29.5. The highest BCUT2D eigenvalue weighted by molar-refractivity contribution is 4.87. The summed E-state index contributed by atoms with van der Waals surface area (Å²) in [4.78, 5) is 2.62. The molecule has 2 saturated heterocycles. The van der Waals surface area contributed by atoms with Crippen LogP contribution in [0.1, 0.15) is 46.5 Å². The summed E-state index contributed by atoms with van der Waals surface area (Å²) in [6.07, 6.45) is 5.31. The standard InChI is InChI=1S/C14H29N3/c1-14(2,3)17-9-6-12(7-10-17)16-13-5-4-8-15-11-13/h12-13,15-16H,4-11H2,1-3H3. The minimum atomic E-state index is 0.345. The molecule has 1 atom stereocenters.